The minimum absolute atomic E-state index is 0.238. The molecule has 0 unspecified atom stereocenters. The monoisotopic (exact) mass is 393 g/mol. The van der Waals surface area contributed by atoms with Crippen LogP contribution in [0.25, 0.3) is 0 Å². The Morgan fingerprint density at radius 2 is 1.96 bits per heavy atom. The van der Waals surface area contributed by atoms with Crippen molar-refractivity contribution >= 4 is 41.0 Å². The molecule has 1 amide bonds. The Morgan fingerprint density at radius 1 is 1.23 bits per heavy atom. The second kappa shape index (κ2) is 8.06. The summed E-state index contributed by atoms with van der Waals surface area (Å²) in [6.45, 7) is 3.64. The molecule has 0 atom stereocenters. The van der Waals surface area contributed by atoms with Crippen molar-refractivity contribution in [1.29, 1.82) is 0 Å². The van der Waals surface area contributed by atoms with Crippen molar-refractivity contribution < 1.29 is 9.18 Å². The molecule has 0 saturated carbocycles. The fourth-order valence-electron chi connectivity index (χ4n) is 2.92. The predicted molar refractivity (Wildman–Crippen MR) is 104 cm³/mol. The van der Waals surface area contributed by atoms with E-state index >= 15 is 0 Å². The Kier molecular flexibility index (Phi) is 5.79. The van der Waals surface area contributed by atoms with Gasteiger partial charge in [0.25, 0.3) is 5.91 Å². The number of hydrazone groups is 1. The molecule has 0 spiro atoms. The highest BCUT2D eigenvalue weighted by Crippen LogP contribution is 2.26. The zero-order chi connectivity index (χ0) is 18.7. The molecule has 1 aliphatic heterocycles. The number of hydrogen-bond donors (Lipinski definition) is 1. The van der Waals surface area contributed by atoms with Crippen LogP contribution < -0.4 is 10.3 Å². The Hall–Kier alpha value is -2.11. The quantitative estimate of drug-likeness (QED) is 0.598. The number of anilines is 1. The van der Waals surface area contributed by atoms with E-state index in [-0.39, 0.29) is 16.4 Å². The molecule has 136 valence electrons. The number of nitrogens with zero attached hydrogens (tertiary/aromatic N) is 2. The first-order valence-corrected chi connectivity index (χ1v) is 9.05. The molecule has 4 nitrogen and oxygen atoms in total. The maximum atomic E-state index is 14.4. The van der Waals surface area contributed by atoms with Gasteiger partial charge in [-0.15, -0.1) is 0 Å². The normalized spacial score (nSPS) is 14.2. The van der Waals surface area contributed by atoms with E-state index in [0.29, 0.717) is 16.3 Å². The number of nitrogens with one attached hydrogen (secondary N) is 1. The number of halogens is 3. The largest absolute Gasteiger partial charge is 0.369 e. The molecule has 2 aromatic rings. The maximum Gasteiger partial charge on any atom is 0.272 e. The third-order valence-electron chi connectivity index (χ3n) is 4.33. The van der Waals surface area contributed by atoms with E-state index in [0.717, 1.165) is 31.5 Å². The van der Waals surface area contributed by atoms with Gasteiger partial charge in [0.15, 0.2) is 0 Å². The van der Waals surface area contributed by atoms with Crippen molar-refractivity contribution in [3.05, 3.63) is 62.9 Å². The Labute approximate surface area is 161 Å². The lowest BCUT2D eigenvalue weighted by molar-refractivity contribution is 0.0955. The molecule has 0 aliphatic carbocycles. The van der Waals surface area contributed by atoms with Gasteiger partial charge in [-0.25, -0.2) is 9.82 Å². The van der Waals surface area contributed by atoms with Crippen LogP contribution in [-0.4, -0.2) is 25.2 Å². The summed E-state index contributed by atoms with van der Waals surface area (Å²) in [5.41, 5.74) is 4.77. The Balaban J connectivity index is 1.72. The van der Waals surface area contributed by atoms with E-state index in [9.17, 15) is 9.18 Å². The summed E-state index contributed by atoms with van der Waals surface area (Å²) in [6, 6.07) is 7.83. The van der Waals surface area contributed by atoms with Crippen LogP contribution in [0.4, 0.5) is 10.1 Å². The molecule has 1 N–H and O–H groups in total. The van der Waals surface area contributed by atoms with Crippen molar-refractivity contribution in [2.45, 2.75) is 19.8 Å². The molecule has 2 aromatic carbocycles. The first kappa shape index (κ1) is 18.7. The van der Waals surface area contributed by atoms with Gasteiger partial charge in [-0.3, -0.25) is 4.79 Å². The molecule has 3 rings (SSSR count). The molecular weight excluding hydrogens is 376 g/mol. The lowest BCUT2D eigenvalue weighted by atomic mass is 10.1. The second-order valence-corrected chi connectivity index (χ2v) is 7.02. The van der Waals surface area contributed by atoms with Crippen LogP contribution in [0.5, 0.6) is 0 Å². The van der Waals surface area contributed by atoms with Gasteiger partial charge in [-0.05, 0) is 55.7 Å². The number of carbonyl (C=O) groups excluding carboxylic acids is 1. The van der Waals surface area contributed by atoms with Crippen LogP contribution in [0.1, 0.15) is 34.3 Å². The van der Waals surface area contributed by atoms with Crippen molar-refractivity contribution in [3.63, 3.8) is 0 Å². The highest BCUT2D eigenvalue weighted by atomic mass is 35.5. The molecule has 7 heteroatoms. The molecule has 1 heterocycles. The third kappa shape index (κ3) is 4.17. The number of rotatable bonds is 4. The van der Waals surface area contributed by atoms with Gasteiger partial charge >= 0.3 is 0 Å². The zero-order valence-corrected chi connectivity index (χ0v) is 15.7. The second-order valence-electron chi connectivity index (χ2n) is 6.18. The van der Waals surface area contributed by atoms with Crippen LogP contribution >= 0.6 is 23.2 Å². The average Bonchev–Trinajstić information content (AvgIpc) is 3.11. The number of carbonyl (C=O) groups is 1. The van der Waals surface area contributed by atoms with Gasteiger partial charge in [0.1, 0.15) is 5.82 Å². The summed E-state index contributed by atoms with van der Waals surface area (Å²) >= 11 is 11.8. The summed E-state index contributed by atoms with van der Waals surface area (Å²) < 4.78 is 14.4. The van der Waals surface area contributed by atoms with E-state index in [2.05, 4.69) is 10.5 Å². The van der Waals surface area contributed by atoms with Gasteiger partial charge < -0.3 is 4.90 Å². The SMILES string of the molecule is Cc1cc(N2CCCC2)c(F)cc1/C=N\NC(=O)c1ccc(Cl)cc1Cl. The predicted octanol–water partition coefficient (Wildman–Crippen LogP) is 4.81. The Morgan fingerprint density at radius 3 is 2.65 bits per heavy atom. The van der Waals surface area contributed by atoms with Crippen LogP contribution in [0.3, 0.4) is 0 Å². The summed E-state index contributed by atoms with van der Waals surface area (Å²) in [4.78, 5) is 14.2. The van der Waals surface area contributed by atoms with Gasteiger partial charge in [-0.1, -0.05) is 23.2 Å². The smallest absolute Gasteiger partial charge is 0.272 e. The summed E-state index contributed by atoms with van der Waals surface area (Å²) in [7, 11) is 0. The van der Waals surface area contributed by atoms with Crippen LogP contribution in [0, 0.1) is 12.7 Å². The van der Waals surface area contributed by atoms with Gasteiger partial charge in [-0.2, -0.15) is 5.10 Å². The number of aryl methyl sites for hydroxylation is 1. The lowest BCUT2D eigenvalue weighted by Gasteiger charge is -2.19. The van der Waals surface area contributed by atoms with Gasteiger partial charge in [0.2, 0.25) is 0 Å². The van der Waals surface area contributed by atoms with Gasteiger partial charge in [0, 0.05) is 23.7 Å². The Bertz CT molecular complexity index is 864. The summed E-state index contributed by atoms with van der Waals surface area (Å²) in [5.74, 6) is -0.749. The van der Waals surface area contributed by atoms with Gasteiger partial charge in [0.05, 0.1) is 22.5 Å². The maximum absolute atomic E-state index is 14.4. The molecule has 0 radical (unpaired) electrons. The average molecular weight is 394 g/mol. The molecule has 0 aromatic heterocycles. The minimum Gasteiger partial charge on any atom is -0.369 e. The highest BCUT2D eigenvalue weighted by molar-refractivity contribution is 6.36. The van der Waals surface area contributed by atoms with Crippen LogP contribution in [0.15, 0.2) is 35.4 Å². The zero-order valence-electron chi connectivity index (χ0n) is 14.2. The van der Waals surface area contributed by atoms with Crippen LogP contribution in [-0.2, 0) is 0 Å². The molecule has 1 saturated heterocycles. The molecule has 1 aliphatic rings. The summed E-state index contributed by atoms with van der Waals surface area (Å²) in [5, 5.41) is 4.60. The minimum atomic E-state index is -0.463. The lowest BCUT2D eigenvalue weighted by Crippen LogP contribution is -2.20. The topological polar surface area (TPSA) is 44.7 Å². The first-order chi connectivity index (χ1) is 12.5. The molecule has 26 heavy (non-hydrogen) atoms. The molecule has 0 bridgehead atoms. The molecular formula is C19H18Cl2FN3O. The van der Waals surface area contributed by atoms with E-state index in [1.807, 2.05) is 17.9 Å². The molecule has 1 fully saturated rings. The van der Waals surface area contributed by atoms with E-state index in [1.165, 1.54) is 24.4 Å². The number of amides is 1. The standard InChI is InChI=1S/C19H18Cl2FN3O/c1-12-8-18(25-6-2-3-7-25)17(22)9-13(12)11-23-24-19(26)15-5-4-14(20)10-16(15)21/h4-5,8-11H,2-3,6-7H2,1H3,(H,24,26)/b23-11-. The third-order valence-corrected chi connectivity index (χ3v) is 4.88. The summed E-state index contributed by atoms with van der Waals surface area (Å²) in [6.07, 6.45) is 3.59. The van der Waals surface area contributed by atoms with Crippen LogP contribution in [0.2, 0.25) is 10.0 Å². The fourth-order valence-corrected chi connectivity index (χ4v) is 3.41. The number of benzene rings is 2. The van der Waals surface area contributed by atoms with E-state index in [4.69, 9.17) is 23.2 Å². The highest BCUT2D eigenvalue weighted by Gasteiger charge is 2.17. The van der Waals surface area contributed by atoms with Crippen molar-refractivity contribution in [2.24, 2.45) is 5.10 Å². The first-order valence-electron chi connectivity index (χ1n) is 8.29. The fraction of sp³-hybridized carbons (Fsp3) is 0.263. The van der Waals surface area contributed by atoms with Crippen molar-refractivity contribution in [2.75, 3.05) is 18.0 Å². The van der Waals surface area contributed by atoms with Crippen molar-refractivity contribution in [1.82, 2.24) is 5.43 Å². The number of hydrogen-bond acceptors (Lipinski definition) is 3. The van der Waals surface area contributed by atoms with E-state index in [1.54, 1.807) is 6.07 Å². The van der Waals surface area contributed by atoms with Crippen molar-refractivity contribution in [3.8, 4) is 0 Å². The van der Waals surface area contributed by atoms with E-state index < -0.39 is 5.91 Å².